The van der Waals surface area contributed by atoms with Crippen molar-refractivity contribution >= 4 is 10.4 Å². The Bertz CT molecular complexity index is 323. The molecule has 148 valence electrons. The van der Waals surface area contributed by atoms with Gasteiger partial charge in [-0.25, -0.2) is 0 Å². The van der Waals surface area contributed by atoms with Crippen molar-refractivity contribution in [2.75, 3.05) is 19.8 Å². The molecule has 24 heavy (non-hydrogen) atoms. The van der Waals surface area contributed by atoms with Crippen molar-refractivity contribution in [1.82, 2.24) is 5.23 Å². The van der Waals surface area contributed by atoms with Gasteiger partial charge in [0.05, 0.1) is 19.8 Å². The number of unbranched alkanes of at least 4 members (excludes halogenated alkanes) is 9. The van der Waals surface area contributed by atoms with E-state index < -0.39 is 10.4 Å². The van der Waals surface area contributed by atoms with E-state index in [1.54, 1.807) is 5.23 Å². The zero-order valence-electron chi connectivity index (χ0n) is 15.6. The first-order valence-corrected chi connectivity index (χ1v) is 10.5. The standard InChI is InChI=1S/C16H35NO2.H2O4S/c1-4-7-8-9-10-11-12-13-14-15-16-17(18-5-2)19-6-3;1-5(2,3)4/h4-16H2,1-3H3;(H2,1,2,3,4). The molecule has 7 nitrogen and oxygen atoms in total. The van der Waals surface area contributed by atoms with Crippen LogP contribution in [0.25, 0.3) is 0 Å². The van der Waals surface area contributed by atoms with Crippen molar-refractivity contribution < 1.29 is 27.2 Å². The van der Waals surface area contributed by atoms with Gasteiger partial charge >= 0.3 is 10.4 Å². The molecule has 8 heteroatoms. The van der Waals surface area contributed by atoms with Crippen LogP contribution in [0.4, 0.5) is 0 Å². The van der Waals surface area contributed by atoms with Gasteiger partial charge in [0.2, 0.25) is 0 Å². The molecule has 0 aromatic rings. The van der Waals surface area contributed by atoms with Crippen LogP contribution in [0.5, 0.6) is 0 Å². The Morgan fingerprint density at radius 3 is 1.38 bits per heavy atom. The minimum absolute atomic E-state index is 0.678. The Labute approximate surface area is 148 Å². The molecular formula is C16H37NO6S. The summed E-state index contributed by atoms with van der Waals surface area (Å²) in [4.78, 5) is 10.8. The predicted molar refractivity (Wildman–Crippen MR) is 96.0 cm³/mol. The SMILES string of the molecule is CCCCCCCCCCCCN(OCC)OCC.O=S(=O)(O)O. The molecule has 0 unspecified atom stereocenters. The monoisotopic (exact) mass is 371 g/mol. The number of hydrogen-bond donors (Lipinski definition) is 2. The van der Waals surface area contributed by atoms with Crippen molar-refractivity contribution in [1.29, 1.82) is 0 Å². The third kappa shape index (κ3) is 29.7. The van der Waals surface area contributed by atoms with Crippen molar-refractivity contribution in [3.05, 3.63) is 0 Å². The van der Waals surface area contributed by atoms with Crippen LogP contribution in [-0.2, 0) is 20.1 Å². The molecule has 0 bridgehead atoms. The fraction of sp³-hybridized carbons (Fsp3) is 1.00. The van der Waals surface area contributed by atoms with Crippen molar-refractivity contribution in [2.45, 2.75) is 85.0 Å². The molecule has 0 spiro atoms. The van der Waals surface area contributed by atoms with Crippen molar-refractivity contribution in [3.8, 4) is 0 Å². The first kappa shape index (κ1) is 26.0. The molecule has 0 rings (SSSR count). The normalized spacial score (nSPS) is 11.4. The summed E-state index contributed by atoms with van der Waals surface area (Å²) in [5.74, 6) is 0. The summed E-state index contributed by atoms with van der Waals surface area (Å²) in [5, 5.41) is 1.64. The third-order valence-corrected chi connectivity index (χ3v) is 3.24. The lowest BCUT2D eigenvalue weighted by Gasteiger charge is -2.19. The molecule has 0 aromatic carbocycles. The van der Waals surface area contributed by atoms with Crippen LogP contribution < -0.4 is 0 Å². The summed E-state index contributed by atoms with van der Waals surface area (Å²) in [5.41, 5.74) is 0. The van der Waals surface area contributed by atoms with E-state index >= 15 is 0 Å². The van der Waals surface area contributed by atoms with Gasteiger partial charge in [-0.05, 0) is 20.3 Å². The fourth-order valence-electron chi connectivity index (χ4n) is 2.18. The molecule has 0 aliphatic heterocycles. The zero-order chi connectivity index (χ0) is 18.7. The van der Waals surface area contributed by atoms with Gasteiger partial charge in [0.25, 0.3) is 0 Å². The van der Waals surface area contributed by atoms with E-state index in [-0.39, 0.29) is 0 Å². The zero-order valence-corrected chi connectivity index (χ0v) is 16.4. The molecule has 0 saturated heterocycles. The summed E-state index contributed by atoms with van der Waals surface area (Å²) in [7, 11) is -4.67. The molecule has 0 aliphatic rings. The highest BCUT2D eigenvalue weighted by Crippen LogP contribution is 2.10. The summed E-state index contributed by atoms with van der Waals surface area (Å²) >= 11 is 0. The summed E-state index contributed by atoms with van der Waals surface area (Å²) in [6.07, 6.45) is 13.6. The average Bonchev–Trinajstić information content (AvgIpc) is 2.48. The van der Waals surface area contributed by atoms with Gasteiger partial charge in [-0.1, -0.05) is 69.9 Å². The second-order valence-electron chi connectivity index (χ2n) is 5.52. The maximum atomic E-state index is 8.74. The Morgan fingerprint density at radius 2 is 1.04 bits per heavy atom. The van der Waals surface area contributed by atoms with E-state index in [0.717, 1.165) is 13.0 Å². The van der Waals surface area contributed by atoms with Gasteiger partial charge < -0.3 is 0 Å². The van der Waals surface area contributed by atoms with Gasteiger partial charge in [0, 0.05) is 0 Å². The van der Waals surface area contributed by atoms with E-state index in [9.17, 15) is 0 Å². The number of hydroxylamine groups is 2. The van der Waals surface area contributed by atoms with E-state index in [1.807, 2.05) is 13.8 Å². The minimum Gasteiger partial charge on any atom is -0.274 e. The summed E-state index contributed by atoms with van der Waals surface area (Å²) in [6.45, 7) is 8.50. The van der Waals surface area contributed by atoms with Gasteiger partial charge in [0.15, 0.2) is 0 Å². The molecule has 0 fully saturated rings. The van der Waals surface area contributed by atoms with E-state index in [1.165, 1.54) is 57.8 Å². The quantitative estimate of drug-likeness (QED) is 0.249. The largest absolute Gasteiger partial charge is 0.394 e. The predicted octanol–water partition coefficient (Wildman–Crippen LogP) is 4.46. The van der Waals surface area contributed by atoms with Crippen LogP contribution in [0.15, 0.2) is 0 Å². The van der Waals surface area contributed by atoms with E-state index in [4.69, 9.17) is 27.2 Å². The van der Waals surface area contributed by atoms with E-state index in [2.05, 4.69) is 6.92 Å². The second kappa shape index (κ2) is 19.1. The molecule has 0 aromatic heterocycles. The van der Waals surface area contributed by atoms with Crippen LogP contribution in [0.2, 0.25) is 0 Å². The third-order valence-electron chi connectivity index (χ3n) is 3.24. The van der Waals surface area contributed by atoms with Gasteiger partial charge in [-0.3, -0.25) is 18.8 Å². The number of rotatable bonds is 15. The molecule has 0 atom stereocenters. The average molecular weight is 372 g/mol. The number of hydrogen-bond acceptors (Lipinski definition) is 5. The van der Waals surface area contributed by atoms with Gasteiger partial charge in [-0.15, -0.1) is 0 Å². The van der Waals surface area contributed by atoms with E-state index in [0.29, 0.717) is 13.2 Å². The fourth-order valence-corrected chi connectivity index (χ4v) is 2.18. The second-order valence-corrected chi connectivity index (χ2v) is 6.42. The first-order valence-electron chi connectivity index (χ1n) is 9.08. The van der Waals surface area contributed by atoms with Crippen LogP contribution in [0, 0.1) is 0 Å². The van der Waals surface area contributed by atoms with Crippen molar-refractivity contribution in [3.63, 3.8) is 0 Å². The Morgan fingerprint density at radius 1 is 0.708 bits per heavy atom. The molecule has 0 heterocycles. The van der Waals surface area contributed by atoms with Crippen LogP contribution in [0.3, 0.4) is 0 Å². The molecule has 0 aliphatic carbocycles. The molecular weight excluding hydrogens is 334 g/mol. The first-order chi connectivity index (χ1) is 11.3. The highest BCUT2D eigenvalue weighted by molar-refractivity contribution is 7.79. The van der Waals surface area contributed by atoms with Crippen LogP contribution in [-0.4, -0.2) is 42.5 Å². The van der Waals surface area contributed by atoms with Gasteiger partial charge in [0.1, 0.15) is 0 Å². The summed E-state index contributed by atoms with van der Waals surface area (Å²) < 4.78 is 31.6. The molecule has 2 N–H and O–H groups in total. The van der Waals surface area contributed by atoms with Gasteiger partial charge in [-0.2, -0.15) is 8.42 Å². The Hall–Kier alpha value is -0.250. The lowest BCUT2D eigenvalue weighted by atomic mass is 10.1. The summed E-state index contributed by atoms with van der Waals surface area (Å²) in [6, 6.07) is 0. The van der Waals surface area contributed by atoms with Crippen LogP contribution in [0.1, 0.15) is 85.0 Å². The maximum absolute atomic E-state index is 8.74. The number of nitrogens with zero attached hydrogens (tertiary/aromatic N) is 1. The van der Waals surface area contributed by atoms with Crippen LogP contribution >= 0.6 is 0 Å². The minimum atomic E-state index is -4.67. The Kier molecular flexibility index (Phi) is 20.7. The highest BCUT2D eigenvalue weighted by Gasteiger charge is 2.03. The topological polar surface area (TPSA) is 96.3 Å². The molecule has 0 saturated carbocycles. The maximum Gasteiger partial charge on any atom is 0.394 e. The highest BCUT2D eigenvalue weighted by atomic mass is 32.3. The van der Waals surface area contributed by atoms with Crippen molar-refractivity contribution in [2.24, 2.45) is 0 Å². The smallest absolute Gasteiger partial charge is 0.274 e. The molecule has 0 radical (unpaired) electrons. The Balaban J connectivity index is 0. The lowest BCUT2D eigenvalue weighted by molar-refractivity contribution is -0.364. The molecule has 0 amide bonds. The lowest BCUT2D eigenvalue weighted by Crippen LogP contribution is -2.25.